The Balaban J connectivity index is 1.43. The summed E-state index contributed by atoms with van der Waals surface area (Å²) in [5, 5.41) is 3.34. The number of benzene rings is 2. The van der Waals surface area contributed by atoms with E-state index in [1.54, 1.807) is 24.4 Å². The summed E-state index contributed by atoms with van der Waals surface area (Å²) in [5.74, 6) is 0.816. The van der Waals surface area contributed by atoms with Gasteiger partial charge in [0.2, 0.25) is 11.8 Å². The number of hydrogen-bond acceptors (Lipinski definition) is 7. The van der Waals surface area contributed by atoms with Gasteiger partial charge < -0.3 is 29.3 Å². The molecule has 2 aliphatic rings. The van der Waals surface area contributed by atoms with Crippen molar-refractivity contribution in [2.75, 3.05) is 39.9 Å². The lowest BCUT2D eigenvalue weighted by molar-refractivity contribution is -0.137. The molecule has 1 N–H and O–H groups in total. The maximum atomic E-state index is 14.4. The van der Waals surface area contributed by atoms with Gasteiger partial charge in [0, 0.05) is 68.8 Å². The minimum Gasteiger partial charge on any atom is -0.457 e. The minimum atomic E-state index is -0.707. The molecule has 1 saturated heterocycles. The average Bonchev–Trinajstić information content (AvgIpc) is 3.10. The second-order valence-corrected chi connectivity index (χ2v) is 14.4. The number of carbonyl (C=O) groups is 3. The fourth-order valence-electron chi connectivity index (χ4n) is 7.26. The number of unbranched alkanes of at least 4 members (excludes halogenated alkanes) is 1. The molecule has 0 spiro atoms. The third-order valence-electron chi connectivity index (χ3n) is 9.57. The first-order valence-electron chi connectivity index (χ1n) is 17.8. The molecule has 268 valence electrons. The summed E-state index contributed by atoms with van der Waals surface area (Å²) < 4.78 is 17.5. The van der Waals surface area contributed by atoms with Crippen molar-refractivity contribution in [2.45, 2.75) is 83.3 Å². The quantitative estimate of drug-likeness (QED) is 0.204. The zero-order valence-corrected chi connectivity index (χ0v) is 30.2. The first-order chi connectivity index (χ1) is 24.0. The number of aromatic nitrogens is 1. The summed E-state index contributed by atoms with van der Waals surface area (Å²) in [6, 6.07) is 19.4. The van der Waals surface area contributed by atoms with Crippen molar-refractivity contribution in [3.63, 3.8) is 0 Å². The van der Waals surface area contributed by atoms with Crippen molar-refractivity contribution in [3.8, 4) is 11.5 Å². The molecule has 0 aliphatic carbocycles. The molecule has 2 aliphatic heterocycles. The van der Waals surface area contributed by atoms with Gasteiger partial charge in [-0.1, -0.05) is 43.3 Å². The largest absolute Gasteiger partial charge is 0.457 e. The number of methoxy groups -OCH3 is 1. The molecule has 2 atom stereocenters. The van der Waals surface area contributed by atoms with Gasteiger partial charge >= 0.3 is 6.09 Å². The number of rotatable bonds is 13. The molecule has 3 heterocycles. The Morgan fingerprint density at radius 3 is 2.26 bits per heavy atom. The van der Waals surface area contributed by atoms with Gasteiger partial charge in [-0.3, -0.25) is 14.6 Å². The molecular weight excluding hydrogens is 632 g/mol. The molecule has 2 unspecified atom stereocenters. The number of fused-ring (bicyclic) bond motifs is 2. The van der Waals surface area contributed by atoms with Gasteiger partial charge in [-0.25, -0.2) is 4.79 Å². The number of hydrogen-bond donors (Lipinski definition) is 1. The molecule has 0 saturated carbocycles. The monoisotopic (exact) mass is 684 g/mol. The van der Waals surface area contributed by atoms with Crippen LogP contribution in [0.2, 0.25) is 0 Å². The molecule has 0 bridgehead atoms. The van der Waals surface area contributed by atoms with E-state index in [-0.39, 0.29) is 30.8 Å². The van der Waals surface area contributed by atoms with Gasteiger partial charge in [0.15, 0.2) is 0 Å². The summed E-state index contributed by atoms with van der Waals surface area (Å²) in [5.41, 5.74) is 1.69. The lowest BCUT2D eigenvalue weighted by atomic mass is 9.69. The second-order valence-electron chi connectivity index (χ2n) is 14.4. The van der Waals surface area contributed by atoms with Gasteiger partial charge in [0.05, 0.1) is 18.4 Å². The molecule has 1 fully saturated rings. The van der Waals surface area contributed by atoms with Gasteiger partial charge in [-0.05, 0) is 82.7 Å². The smallest absolute Gasteiger partial charge is 0.410 e. The van der Waals surface area contributed by atoms with E-state index in [1.807, 2.05) is 81.1 Å². The average molecular weight is 685 g/mol. The standard InChI is InChI=1S/C40H52N4O6/c1-6-22-44(36(45)24-29-17-20-41-21-18-29)31-25-30(26-43(27-31)38(47)50-39(2,3)4)37(46)42-28-40(19-11-12-23-48-5)32-13-7-9-15-34(32)49-35-16-10-8-14-33(35)40/h7-10,13-18,20-21,30-31H,6,11-12,19,22-28H2,1-5H3,(H,42,46). The first-order valence-corrected chi connectivity index (χ1v) is 17.8. The van der Waals surface area contributed by atoms with Crippen LogP contribution in [0.5, 0.6) is 11.5 Å². The van der Waals surface area contributed by atoms with Crippen molar-refractivity contribution in [1.29, 1.82) is 0 Å². The Morgan fingerprint density at radius 1 is 0.980 bits per heavy atom. The lowest BCUT2D eigenvalue weighted by Crippen LogP contribution is -2.58. The number of likely N-dealkylation sites (tertiary alicyclic amines) is 1. The van der Waals surface area contributed by atoms with Crippen molar-refractivity contribution >= 4 is 17.9 Å². The van der Waals surface area contributed by atoms with Crippen LogP contribution in [0, 0.1) is 5.92 Å². The Morgan fingerprint density at radius 2 is 1.64 bits per heavy atom. The molecule has 1 aromatic heterocycles. The van der Waals surface area contributed by atoms with Gasteiger partial charge in [0.25, 0.3) is 0 Å². The number of carbonyl (C=O) groups excluding carboxylic acids is 3. The van der Waals surface area contributed by atoms with Crippen LogP contribution >= 0.6 is 0 Å². The number of pyridine rings is 1. The van der Waals surface area contributed by atoms with E-state index in [1.165, 1.54) is 0 Å². The molecule has 10 heteroatoms. The third kappa shape index (κ3) is 8.82. The maximum absolute atomic E-state index is 14.4. The van der Waals surface area contributed by atoms with Crippen LogP contribution in [0.15, 0.2) is 73.1 Å². The molecule has 2 aromatic carbocycles. The van der Waals surface area contributed by atoms with E-state index < -0.39 is 23.0 Å². The highest BCUT2D eigenvalue weighted by Crippen LogP contribution is 2.50. The molecular formula is C40H52N4O6. The van der Waals surface area contributed by atoms with E-state index in [0.717, 1.165) is 53.9 Å². The maximum Gasteiger partial charge on any atom is 0.410 e. The summed E-state index contributed by atoms with van der Waals surface area (Å²) in [6.07, 6.45) is 6.81. The van der Waals surface area contributed by atoms with E-state index in [9.17, 15) is 14.4 Å². The van der Waals surface area contributed by atoms with E-state index >= 15 is 0 Å². The van der Waals surface area contributed by atoms with Crippen LogP contribution < -0.4 is 10.1 Å². The van der Waals surface area contributed by atoms with Crippen LogP contribution in [0.1, 0.15) is 76.5 Å². The van der Waals surface area contributed by atoms with Crippen molar-refractivity contribution in [2.24, 2.45) is 5.92 Å². The highest BCUT2D eigenvalue weighted by atomic mass is 16.6. The Bertz CT molecular complexity index is 1560. The predicted molar refractivity (Wildman–Crippen MR) is 192 cm³/mol. The molecule has 50 heavy (non-hydrogen) atoms. The van der Waals surface area contributed by atoms with Gasteiger partial charge in [-0.2, -0.15) is 0 Å². The number of ether oxygens (including phenoxy) is 3. The molecule has 3 amide bonds. The number of nitrogens with zero attached hydrogens (tertiary/aromatic N) is 3. The lowest BCUT2D eigenvalue weighted by Gasteiger charge is -2.43. The highest BCUT2D eigenvalue weighted by Gasteiger charge is 2.44. The fourth-order valence-corrected chi connectivity index (χ4v) is 7.26. The highest BCUT2D eigenvalue weighted by molar-refractivity contribution is 5.82. The first kappa shape index (κ1) is 36.8. The molecule has 5 rings (SSSR count). The summed E-state index contributed by atoms with van der Waals surface area (Å²) in [7, 11) is 1.71. The van der Waals surface area contributed by atoms with Crippen LogP contribution in [0.4, 0.5) is 4.79 Å². The Labute approximate surface area is 296 Å². The molecule has 3 aromatic rings. The zero-order valence-electron chi connectivity index (χ0n) is 30.2. The SMILES string of the molecule is CCCN(C(=O)Cc1ccncc1)C1CC(C(=O)NCC2(CCCCOC)c3ccccc3Oc3ccccc32)CN(C(=O)OC(C)(C)C)C1. The minimum absolute atomic E-state index is 0.0429. The van der Waals surface area contributed by atoms with Crippen LogP contribution in [-0.4, -0.2) is 84.2 Å². The van der Waals surface area contributed by atoms with E-state index in [4.69, 9.17) is 14.2 Å². The Hall–Kier alpha value is -4.44. The number of nitrogens with one attached hydrogen (secondary N) is 1. The van der Waals surface area contributed by atoms with Crippen molar-refractivity contribution < 1.29 is 28.6 Å². The number of amides is 3. The van der Waals surface area contributed by atoms with Crippen LogP contribution in [-0.2, 0) is 30.9 Å². The summed E-state index contributed by atoms with van der Waals surface area (Å²) in [6.45, 7) is 9.53. The number of para-hydroxylation sites is 2. The normalized spacial score (nSPS) is 17.9. The van der Waals surface area contributed by atoms with Gasteiger partial charge in [0.1, 0.15) is 17.1 Å². The summed E-state index contributed by atoms with van der Waals surface area (Å²) >= 11 is 0. The van der Waals surface area contributed by atoms with E-state index in [2.05, 4.69) is 22.4 Å². The zero-order chi connectivity index (χ0) is 35.7. The van der Waals surface area contributed by atoms with Crippen molar-refractivity contribution in [3.05, 3.63) is 89.7 Å². The van der Waals surface area contributed by atoms with Crippen molar-refractivity contribution in [1.82, 2.24) is 20.1 Å². The topological polar surface area (TPSA) is 110 Å². The summed E-state index contributed by atoms with van der Waals surface area (Å²) in [4.78, 5) is 49.2. The Kier molecular flexibility index (Phi) is 12.2. The third-order valence-corrected chi connectivity index (χ3v) is 9.57. The van der Waals surface area contributed by atoms with E-state index in [0.29, 0.717) is 32.7 Å². The van der Waals surface area contributed by atoms with Crippen LogP contribution in [0.25, 0.3) is 0 Å². The predicted octanol–water partition coefficient (Wildman–Crippen LogP) is 6.51. The molecule has 0 radical (unpaired) electrons. The van der Waals surface area contributed by atoms with Crippen LogP contribution in [0.3, 0.4) is 0 Å². The molecule has 10 nitrogen and oxygen atoms in total. The fraction of sp³-hybridized carbons (Fsp3) is 0.500. The number of piperidine rings is 1. The second kappa shape index (κ2) is 16.5. The van der Waals surface area contributed by atoms with Gasteiger partial charge in [-0.15, -0.1) is 0 Å².